The first-order valence-electron chi connectivity index (χ1n) is 7.29. The highest BCUT2D eigenvalue weighted by atomic mass is 32.1. The molecule has 0 bridgehead atoms. The van der Waals surface area contributed by atoms with E-state index in [0.717, 1.165) is 37.2 Å². The van der Waals surface area contributed by atoms with Crippen molar-refractivity contribution in [2.24, 2.45) is 7.05 Å². The van der Waals surface area contributed by atoms with Gasteiger partial charge in [-0.2, -0.15) is 5.10 Å². The fourth-order valence-corrected chi connectivity index (χ4v) is 3.74. The Bertz CT molecular complexity index is 633. The van der Waals surface area contributed by atoms with Crippen molar-refractivity contribution in [1.82, 2.24) is 19.7 Å². The summed E-state index contributed by atoms with van der Waals surface area (Å²) in [5, 5.41) is 7.38. The molecule has 1 amide bonds. The third-order valence-electron chi connectivity index (χ3n) is 3.87. The maximum atomic E-state index is 12.4. The van der Waals surface area contributed by atoms with Crippen molar-refractivity contribution in [2.45, 2.75) is 32.1 Å². The number of carbonyl (C=O) groups excluding carboxylic acids is 1. The minimum absolute atomic E-state index is 0.195. The molecule has 3 rings (SSSR count). The Morgan fingerprint density at radius 1 is 1.52 bits per heavy atom. The number of hydrogen-bond donors (Lipinski definition) is 0. The van der Waals surface area contributed by atoms with Gasteiger partial charge in [-0.05, 0) is 25.3 Å². The maximum Gasteiger partial charge on any atom is 0.227 e. The van der Waals surface area contributed by atoms with Crippen molar-refractivity contribution < 1.29 is 4.79 Å². The van der Waals surface area contributed by atoms with E-state index in [1.807, 2.05) is 25.1 Å². The van der Waals surface area contributed by atoms with E-state index >= 15 is 0 Å². The number of piperidine rings is 1. The lowest BCUT2D eigenvalue weighted by Gasteiger charge is -2.31. The molecule has 0 aromatic carbocycles. The number of rotatable bonds is 3. The highest BCUT2D eigenvalue weighted by Gasteiger charge is 2.26. The summed E-state index contributed by atoms with van der Waals surface area (Å²) in [6.45, 7) is 3.68. The minimum atomic E-state index is 0.195. The topological polar surface area (TPSA) is 51.0 Å². The van der Waals surface area contributed by atoms with Crippen LogP contribution in [-0.2, 0) is 18.3 Å². The van der Waals surface area contributed by atoms with Crippen LogP contribution in [0.5, 0.6) is 0 Å². The molecule has 2 aromatic rings. The molecule has 0 unspecified atom stereocenters. The molecule has 1 aliphatic heterocycles. The lowest BCUT2D eigenvalue weighted by Crippen LogP contribution is -2.39. The summed E-state index contributed by atoms with van der Waals surface area (Å²) in [5.74, 6) is 0.594. The quantitative estimate of drug-likeness (QED) is 0.873. The van der Waals surface area contributed by atoms with Crippen LogP contribution in [0.4, 0.5) is 0 Å². The number of hydrogen-bond acceptors (Lipinski definition) is 4. The van der Waals surface area contributed by atoms with Gasteiger partial charge in [-0.1, -0.05) is 0 Å². The molecule has 0 saturated carbocycles. The normalized spacial score (nSPS) is 19.0. The van der Waals surface area contributed by atoms with Gasteiger partial charge in [0.1, 0.15) is 0 Å². The van der Waals surface area contributed by atoms with E-state index in [-0.39, 0.29) is 5.91 Å². The van der Waals surface area contributed by atoms with Crippen LogP contribution in [0, 0.1) is 6.92 Å². The second-order valence-corrected chi connectivity index (χ2v) is 6.59. The van der Waals surface area contributed by atoms with E-state index in [9.17, 15) is 4.79 Å². The molecule has 0 N–H and O–H groups in total. The van der Waals surface area contributed by atoms with Crippen LogP contribution in [0.3, 0.4) is 0 Å². The molecule has 1 saturated heterocycles. The Balaban J connectivity index is 1.64. The molecule has 1 atom stereocenters. The minimum Gasteiger partial charge on any atom is -0.342 e. The first kappa shape index (κ1) is 14.3. The Hall–Kier alpha value is -1.69. The molecular weight excluding hydrogens is 284 g/mol. The Morgan fingerprint density at radius 3 is 3.05 bits per heavy atom. The van der Waals surface area contributed by atoms with Crippen molar-refractivity contribution in [3.05, 3.63) is 34.0 Å². The van der Waals surface area contributed by atoms with Crippen LogP contribution in [0.1, 0.15) is 35.0 Å². The largest absolute Gasteiger partial charge is 0.342 e. The van der Waals surface area contributed by atoms with Crippen LogP contribution >= 0.6 is 11.3 Å². The summed E-state index contributed by atoms with van der Waals surface area (Å²) in [5.41, 5.74) is 2.06. The van der Waals surface area contributed by atoms with E-state index < -0.39 is 0 Å². The molecule has 0 aliphatic carbocycles. The van der Waals surface area contributed by atoms with Gasteiger partial charge < -0.3 is 4.90 Å². The van der Waals surface area contributed by atoms with E-state index in [1.165, 1.54) is 5.01 Å². The number of aromatic nitrogens is 3. The lowest BCUT2D eigenvalue weighted by atomic mass is 9.98. The molecule has 1 fully saturated rings. The van der Waals surface area contributed by atoms with E-state index in [2.05, 4.69) is 15.5 Å². The summed E-state index contributed by atoms with van der Waals surface area (Å²) in [6.07, 6.45) is 6.30. The van der Waals surface area contributed by atoms with E-state index in [0.29, 0.717) is 12.3 Å². The second-order valence-electron chi connectivity index (χ2n) is 5.71. The van der Waals surface area contributed by atoms with Crippen LogP contribution in [0.2, 0.25) is 0 Å². The van der Waals surface area contributed by atoms with Crippen LogP contribution in [-0.4, -0.2) is 38.7 Å². The Labute approximate surface area is 128 Å². The molecular formula is C15H20N4OS. The highest BCUT2D eigenvalue weighted by molar-refractivity contribution is 7.09. The van der Waals surface area contributed by atoms with Gasteiger partial charge in [-0.15, -0.1) is 11.3 Å². The molecule has 3 heterocycles. The fourth-order valence-electron chi connectivity index (χ4n) is 2.81. The summed E-state index contributed by atoms with van der Waals surface area (Å²) in [4.78, 5) is 19.0. The summed E-state index contributed by atoms with van der Waals surface area (Å²) in [6, 6.07) is 0. The molecule has 1 aliphatic rings. The van der Waals surface area contributed by atoms with Gasteiger partial charge in [0.2, 0.25) is 5.91 Å². The predicted molar refractivity (Wildman–Crippen MR) is 82.3 cm³/mol. The molecule has 0 spiro atoms. The molecule has 112 valence electrons. The SMILES string of the molecule is Cc1csc([C@H]2CCCN(C(=O)Cc3cnn(C)c3)C2)n1. The van der Waals surface area contributed by atoms with Gasteiger partial charge in [0.25, 0.3) is 0 Å². The summed E-state index contributed by atoms with van der Waals surface area (Å²) in [7, 11) is 1.87. The molecule has 6 heteroatoms. The van der Waals surface area contributed by atoms with Crippen LogP contribution in [0.15, 0.2) is 17.8 Å². The zero-order chi connectivity index (χ0) is 14.8. The monoisotopic (exact) mass is 304 g/mol. The van der Waals surface area contributed by atoms with Gasteiger partial charge in [-0.25, -0.2) is 4.98 Å². The number of nitrogens with zero attached hydrogens (tertiary/aromatic N) is 4. The zero-order valence-electron chi connectivity index (χ0n) is 12.5. The molecule has 21 heavy (non-hydrogen) atoms. The van der Waals surface area contributed by atoms with E-state index in [1.54, 1.807) is 22.2 Å². The Morgan fingerprint density at radius 2 is 2.38 bits per heavy atom. The number of aryl methyl sites for hydroxylation is 2. The summed E-state index contributed by atoms with van der Waals surface area (Å²) >= 11 is 1.71. The van der Waals surface area contributed by atoms with Crippen molar-refractivity contribution in [3.8, 4) is 0 Å². The predicted octanol–water partition coefficient (Wildman–Crippen LogP) is 2.13. The van der Waals surface area contributed by atoms with E-state index in [4.69, 9.17) is 0 Å². The smallest absolute Gasteiger partial charge is 0.227 e. The van der Waals surface area contributed by atoms with Crippen molar-refractivity contribution in [3.63, 3.8) is 0 Å². The van der Waals surface area contributed by atoms with Crippen LogP contribution < -0.4 is 0 Å². The van der Waals surface area contributed by atoms with Gasteiger partial charge in [0.15, 0.2) is 0 Å². The second kappa shape index (κ2) is 5.97. The number of likely N-dealkylation sites (tertiary alicyclic amines) is 1. The van der Waals surface area contributed by atoms with Gasteiger partial charge >= 0.3 is 0 Å². The van der Waals surface area contributed by atoms with Gasteiger partial charge in [0, 0.05) is 43.3 Å². The molecule has 0 radical (unpaired) electrons. The summed E-state index contributed by atoms with van der Waals surface area (Å²) < 4.78 is 1.74. The molecule has 2 aromatic heterocycles. The average Bonchev–Trinajstić information content (AvgIpc) is 3.08. The first-order valence-corrected chi connectivity index (χ1v) is 8.17. The first-order chi connectivity index (χ1) is 10.1. The fraction of sp³-hybridized carbons (Fsp3) is 0.533. The third kappa shape index (κ3) is 3.32. The number of amides is 1. The third-order valence-corrected chi connectivity index (χ3v) is 5.00. The van der Waals surface area contributed by atoms with Crippen molar-refractivity contribution in [2.75, 3.05) is 13.1 Å². The number of thiazole rings is 1. The van der Waals surface area contributed by atoms with Gasteiger partial charge in [0.05, 0.1) is 17.6 Å². The average molecular weight is 304 g/mol. The van der Waals surface area contributed by atoms with Crippen LogP contribution in [0.25, 0.3) is 0 Å². The highest BCUT2D eigenvalue weighted by Crippen LogP contribution is 2.29. The van der Waals surface area contributed by atoms with Gasteiger partial charge in [-0.3, -0.25) is 9.48 Å². The Kier molecular flexibility index (Phi) is 4.05. The standard InChI is InChI=1S/C15H20N4OS/c1-11-10-21-15(17-11)13-4-3-5-19(9-13)14(20)6-12-7-16-18(2)8-12/h7-8,10,13H,3-6,9H2,1-2H3/t13-/m0/s1. The number of carbonyl (C=O) groups is 1. The molecule has 5 nitrogen and oxygen atoms in total. The van der Waals surface area contributed by atoms with Crippen molar-refractivity contribution in [1.29, 1.82) is 0 Å². The zero-order valence-corrected chi connectivity index (χ0v) is 13.3. The maximum absolute atomic E-state index is 12.4. The lowest BCUT2D eigenvalue weighted by molar-refractivity contribution is -0.131. The van der Waals surface area contributed by atoms with Crippen molar-refractivity contribution >= 4 is 17.2 Å².